The lowest BCUT2D eigenvalue weighted by Crippen LogP contribution is -2.34. The van der Waals surface area contributed by atoms with Gasteiger partial charge in [0.25, 0.3) is 0 Å². The summed E-state index contributed by atoms with van der Waals surface area (Å²) in [6.45, 7) is 9.11. The van der Waals surface area contributed by atoms with Crippen LogP contribution in [-0.4, -0.2) is 73.6 Å². The molecule has 7 nitrogen and oxygen atoms in total. The molecule has 9 atom stereocenters. The first-order chi connectivity index (χ1) is 18.3. The number of hydrogen-bond acceptors (Lipinski definition) is 7. The predicted molar refractivity (Wildman–Crippen MR) is 146 cm³/mol. The summed E-state index contributed by atoms with van der Waals surface area (Å²) in [5.41, 5.74) is 2.30. The number of aliphatic hydroxyl groups is 1. The standard InChI is InChI=1S/C31H44O7/c1-20-13-14-35-24(16-20)11-12-27(34-4)28-19-29-31(38-29)26(32)18-22(3)15-21(2)17-25-9-5-7-23(36-25)8-6-10-30(33)37-28/h5-7,10-13,21,23-29,31-32H,3,8-9,14-19H2,1-2,4H3/b10-6-,12-11+/t21-,23-,24?,25-,26-,27-,28-,29?,31?/m0/s1. The Bertz CT molecular complexity index is 935. The first kappa shape index (κ1) is 29.0. The van der Waals surface area contributed by atoms with E-state index in [2.05, 4.69) is 38.7 Å². The summed E-state index contributed by atoms with van der Waals surface area (Å²) in [6, 6.07) is 0. The molecule has 210 valence electrons. The molecule has 4 aliphatic heterocycles. The SMILES string of the molecule is C=C1C[C@H](C)C[C@@H]2CC=C[C@@H](C/C=C\C(=O)O[C@H]([C@H](/C=C/C3CC(C)=CCO3)OC)CC3OC3[C@@H](O)C1)O2. The third-order valence-electron chi connectivity index (χ3n) is 7.69. The quantitative estimate of drug-likeness (QED) is 0.320. The van der Waals surface area contributed by atoms with Crippen LogP contribution in [-0.2, 0) is 28.5 Å². The summed E-state index contributed by atoms with van der Waals surface area (Å²) in [6.07, 6.45) is 16.3. The topological polar surface area (TPSA) is 86.8 Å². The Morgan fingerprint density at radius 3 is 2.79 bits per heavy atom. The lowest BCUT2D eigenvalue weighted by molar-refractivity contribution is -0.149. The Morgan fingerprint density at radius 1 is 1.16 bits per heavy atom. The van der Waals surface area contributed by atoms with E-state index in [1.54, 1.807) is 7.11 Å². The van der Waals surface area contributed by atoms with Crippen molar-refractivity contribution in [2.75, 3.05) is 13.7 Å². The molecule has 0 aromatic heterocycles. The van der Waals surface area contributed by atoms with Crippen LogP contribution in [0.15, 0.2) is 60.3 Å². The van der Waals surface area contributed by atoms with Crippen molar-refractivity contribution in [2.24, 2.45) is 5.92 Å². The number of ether oxygens (including phenoxy) is 5. The van der Waals surface area contributed by atoms with Crippen molar-refractivity contribution in [3.8, 4) is 0 Å². The molecule has 1 N–H and O–H groups in total. The maximum atomic E-state index is 12.8. The second kappa shape index (κ2) is 13.9. The fourth-order valence-electron chi connectivity index (χ4n) is 5.67. The molecule has 0 saturated carbocycles. The van der Waals surface area contributed by atoms with E-state index >= 15 is 0 Å². The maximum absolute atomic E-state index is 12.8. The molecular weight excluding hydrogens is 484 g/mol. The van der Waals surface area contributed by atoms with Gasteiger partial charge in [0, 0.05) is 19.6 Å². The van der Waals surface area contributed by atoms with Crippen LogP contribution in [0.4, 0.5) is 0 Å². The van der Waals surface area contributed by atoms with Gasteiger partial charge in [0.2, 0.25) is 0 Å². The Kier molecular flexibility index (Phi) is 10.6. The number of carbonyl (C=O) groups is 1. The number of fused-ring (bicyclic) bond motifs is 3. The number of esters is 1. The predicted octanol–water partition coefficient (Wildman–Crippen LogP) is 4.76. The van der Waals surface area contributed by atoms with Gasteiger partial charge in [-0.15, -0.1) is 0 Å². The van der Waals surface area contributed by atoms with Crippen molar-refractivity contribution in [3.05, 3.63) is 60.3 Å². The van der Waals surface area contributed by atoms with Crippen molar-refractivity contribution in [3.63, 3.8) is 0 Å². The summed E-state index contributed by atoms with van der Waals surface area (Å²) >= 11 is 0. The van der Waals surface area contributed by atoms with Gasteiger partial charge >= 0.3 is 5.97 Å². The average molecular weight is 529 g/mol. The minimum atomic E-state index is -0.644. The van der Waals surface area contributed by atoms with Crippen molar-refractivity contribution in [1.29, 1.82) is 0 Å². The highest BCUT2D eigenvalue weighted by Gasteiger charge is 2.47. The fraction of sp³-hybridized carbons (Fsp3) is 0.645. The molecule has 3 unspecified atom stereocenters. The van der Waals surface area contributed by atoms with Gasteiger partial charge in [-0.2, -0.15) is 0 Å². The molecule has 7 heteroatoms. The fourth-order valence-corrected chi connectivity index (χ4v) is 5.67. The molecule has 1 fully saturated rings. The highest BCUT2D eigenvalue weighted by atomic mass is 16.6. The zero-order valence-electron chi connectivity index (χ0n) is 23.0. The molecule has 0 aromatic rings. The lowest BCUT2D eigenvalue weighted by atomic mass is 9.91. The zero-order chi connectivity index (χ0) is 27.1. The van der Waals surface area contributed by atoms with Crippen molar-refractivity contribution >= 4 is 5.97 Å². The Morgan fingerprint density at radius 2 is 2.00 bits per heavy atom. The van der Waals surface area contributed by atoms with E-state index in [4.69, 9.17) is 23.7 Å². The monoisotopic (exact) mass is 528 g/mol. The lowest BCUT2D eigenvalue weighted by Gasteiger charge is -2.28. The molecule has 0 aliphatic carbocycles. The van der Waals surface area contributed by atoms with E-state index in [1.165, 1.54) is 11.6 Å². The normalized spacial score (nSPS) is 38.9. The smallest absolute Gasteiger partial charge is 0.330 e. The van der Waals surface area contributed by atoms with Gasteiger partial charge in [-0.25, -0.2) is 4.79 Å². The van der Waals surface area contributed by atoms with Crippen molar-refractivity contribution in [2.45, 2.75) is 108 Å². The molecule has 0 amide bonds. The largest absolute Gasteiger partial charge is 0.456 e. The highest BCUT2D eigenvalue weighted by Crippen LogP contribution is 2.35. The molecule has 0 radical (unpaired) electrons. The van der Waals surface area contributed by atoms with Crippen LogP contribution in [0.3, 0.4) is 0 Å². The molecule has 4 heterocycles. The van der Waals surface area contributed by atoms with Crippen LogP contribution in [0, 0.1) is 5.92 Å². The number of carbonyl (C=O) groups excluding carboxylic acids is 1. The molecule has 0 aromatic carbocycles. The second-order valence-electron chi connectivity index (χ2n) is 11.2. The molecule has 4 aliphatic rings. The van der Waals surface area contributed by atoms with E-state index in [0.717, 1.165) is 31.3 Å². The minimum Gasteiger partial charge on any atom is -0.456 e. The van der Waals surface area contributed by atoms with Gasteiger partial charge in [0.1, 0.15) is 18.3 Å². The van der Waals surface area contributed by atoms with E-state index < -0.39 is 24.3 Å². The van der Waals surface area contributed by atoms with Gasteiger partial charge in [-0.05, 0) is 51.4 Å². The van der Waals surface area contributed by atoms with Gasteiger partial charge in [-0.3, -0.25) is 0 Å². The van der Waals surface area contributed by atoms with Crippen LogP contribution in [0.1, 0.15) is 58.8 Å². The first-order valence-corrected chi connectivity index (χ1v) is 14.0. The summed E-state index contributed by atoms with van der Waals surface area (Å²) in [7, 11) is 1.60. The van der Waals surface area contributed by atoms with Gasteiger partial charge in [0.15, 0.2) is 0 Å². The molecular formula is C31H44O7. The molecule has 38 heavy (non-hydrogen) atoms. The Hall–Kier alpha value is -2.03. The van der Waals surface area contributed by atoms with Crippen LogP contribution >= 0.6 is 0 Å². The maximum Gasteiger partial charge on any atom is 0.330 e. The highest BCUT2D eigenvalue weighted by molar-refractivity contribution is 5.82. The molecule has 1 saturated heterocycles. The molecule has 2 bridgehead atoms. The van der Waals surface area contributed by atoms with Gasteiger partial charge in [-0.1, -0.05) is 61.1 Å². The van der Waals surface area contributed by atoms with Crippen LogP contribution in [0.2, 0.25) is 0 Å². The van der Waals surface area contributed by atoms with E-state index in [9.17, 15) is 9.90 Å². The number of rotatable bonds is 4. The van der Waals surface area contributed by atoms with Crippen molar-refractivity contribution in [1.82, 2.24) is 0 Å². The third-order valence-corrected chi connectivity index (χ3v) is 7.69. The Balaban J connectivity index is 1.47. The molecule has 4 rings (SSSR count). The average Bonchev–Trinajstić information content (AvgIpc) is 3.63. The van der Waals surface area contributed by atoms with E-state index in [-0.39, 0.29) is 30.5 Å². The Labute approximate surface area is 227 Å². The number of cyclic esters (lactones) is 1. The summed E-state index contributed by atoms with van der Waals surface area (Å²) in [5, 5.41) is 10.8. The summed E-state index contributed by atoms with van der Waals surface area (Å²) in [5.74, 6) is -0.0337. The minimum absolute atomic E-state index is 0.0417. The van der Waals surface area contributed by atoms with Crippen LogP contribution in [0.25, 0.3) is 0 Å². The summed E-state index contributed by atoms with van der Waals surface area (Å²) in [4.78, 5) is 12.8. The van der Waals surface area contributed by atoms with Crippen LogP contribution in [0.5, 0.6) is 0 Å². The van der Waals surface area contributed by atoms with Gasteiger partial charge < -0.3 is 28.8 Å². The van der Waals surface area contributed by atoms with E-state index in [0.29, 0.717) is 31.8 Å². The number of hydrogen-bond donors (Lipinski definition) is 1. The number of epoxide rings is 1. The zero-order valence-corrected chi connectivity index (χ0v) is 23.0. The van der Waals surface area contributed by atoms with Crippen molar-refractivity contribution < 1.29 is 33.6 Å². The van der Waals surface area contributed by atoms with Crippen LogP contribution < -0.4 is 0 Å². The molecule has 0 spiro atoms. The third kappa shape index (κ3) is 8.75. The van der Waals surface area contributed by atoms with E-state index in [1.807, 2.05) is 18.2 Å². The number of methoxy groups -OCH3 is 1. The summed E-state index contributed by atoms with van der Waals surface area (Å²) < 4.78 is 29.6. The number of aliphatic hydroxyl groups excluding tert-OH is 1. The van der Waals surface area contributed by atoms with Gasteiger partial charge in [0.05, 0.1) is 37.1 Å². The first-order valence-electron chi connectivity index (χ1n) is 14.0. The second-order valence-corrected chi connectivity index (χ2v) is 11.2.